The summed E-state index contributed by atoms with van der Waals surface area (Å²) in [6.07, 6.45) is 3.65. The second kappa shape index (κ2) is 4.07. The molecule has 1 radical (unpaired) electrons. The number of nitrogens with zero attached hydrogens (tertiary/aromatic N) is 2. The fourth-order valence-electron chi connectivity index (χ4n) is 1.38. The molecule has 0 spiro atoms. The Balaban J connectivity index is 2.71. The van der Waals surface area contributed by atoms with Crippen LogP contribution in [0.25, 0.3) is 11.1 Å². The number of aromatic nitrogens is 1. The number of nitriles is 1. The van der Waals surface area contributed by atoms with Crippen LogP contribution in [-0.2, 0) is 0 Å². The Bertz CT molecular complexity index is 573. The predicted octanol–water partition coefficient (Wildman–Crippen LogP) is 2.70. The fraction of sp³-hybridized carbons (Fsp3) is 0. The molecule has 16 heavy (non-hydrogen) atoms. The Morgan fingerprint density at radius 3 is 2.69 bits per heavy atom. The molecule has 1 aromatic heterocycles. The highest BCUT2D eigenvalue weighted by Crippen LogP contribution is 2.26. The molecule has 1 heterocycles. The Hall–Kier alpha value is -2.28. The highest BCUT2D eigenvalue weighted by atomic mass is 19.1. The van der Waals surface area contributed by atoms with E-state index in [4.69, 9.17) is 5.26 Å². The number of pyridine rings is 1. The second-order valence-corrected chi connectivity index (χ2v) is 3.05. The summed E-state index contributed by atoms with van der Waals surface area (Å²) >= 11 is 0. The van der Waals surface area contributed by atoms with Gasteiger partial charge in [-0.15, -0.1) is 0 Å². The molecule has 0 aliphatic rings. The SMILES string of the molecule is N#Cc1c(F)cccc1-c1[c]nccc1F. The molecule has 4 heteroatoms. The van der Waals surface area contributed by atoms with Gasteiger partial charge in [-0.25, -0.2) is 8.78 Å². The van der Waals surface area contributed by atoms with E-state index in [1.165, 1.54) is 18.3 Å². The maximum Gasteiger partial charge on any atom is 0.141 e. The summed E-state index contributed by atoms with van der Waals surface area (Å²) in [6.45, 7) is 0. The molecular formula is C12H5F2N2. The monoisotopic (exact) mass is 215 g/mol. The molecule has 2 aromatic rings. The van der Waals surface area contributed by atoms with Crippen molar-refractivity contribution in [2.75, 3.05) is 0 Å². The summed E-state index contributed by atoms with van der Waals surface area (Å²) in [5, 5.41) is 8.80. The summed E-state index contributed by atoms with van der Waals surface area (Å²) in [4.78, 5) is 3.63. The van der Waals surface area contributed by atoms with Crippen molar-refractivity contribution in [3.05, 3.63) is 53.9 Å². The first kappa shape index (κ1) is 10.2. The van der Waals surface area contributed by atoms with Gasteiger partial charge in [0, 0.05) is 17.3 Å². The van der Waals surface area contributed by atoms with Gasteiger partial charge in [0.2, 0.25) is 0 Å². The number of hydrogen-bond acceptors (Lipinski definition) is 2. The van der Waals surface area contributed by atoms with Crippen LogP contribution in [0, 0.1) is 29.2 Å². The zero-order valence-electron chi connectivity index (χ0n) is 8.04. The van der Waals surface area contributed by atoms with E-state index >= 15 is 0 Å². The highest BCUT2D eigenvalue weighted by molar-refractivity contribution is 5.70. The number of benzene rings is 1. The Labute approximate surface area is 90.8 Å². The maximum atomic E-state index is 13.4. The minimum absolute atomic E-state index is 0.00134. The number of rotatable bonds is 1. The zero-order chi connectivity index (χ0) is 11.5. The van der Waals surface area contributed by atoms with Gasteiger partial charge in [-0.2, -0.15) is 5.26 Å². The maximum absolute atomic E-state index is 13.4. The van der Waals surface area contributed by atoms with E-state index in [1.54, 1.807) is 6.07 Å². The van der Waals surface area contributed by atoms with Gasteiger partial charge in [-0.3, -0.25) is 4.98 Å². The van der Waals surface area contributed by atoms with Crippen LogP contribution in [0.5, 0.6) is 0 Å². The lowest BCUT2D eigenvalue weighted by molar-refractivity contribution is 0.621. The predicted molar refractivity (Wildman–Crippen MR) is 53.1 cm³/mol. The van der Waals surface area contributed by atoms with Crippen LogP contribution in [-0.4, -0.2) is 4.98 Å². The molecule has 2 rings (SSSR count). The summed E-state index contributed by atoms with van der Waals surface area (Å²) in [6, 6.07) is 6.85. The topological polar surface area (TPSA) is 36.7 Å². The first-order valence-electron chi connectivity index (χ1n) is 4.45. The van der Waals surface area contributed by atoms with E-state index in [9.17, 15) is 8.78 Å². The Morgan fingerprint density at radius 2 is 2.00 bits per heavy atom. The van der Waals surface area contributed by atoms with Crippen LogP contribution in [0.2, 0.25) is 0 Å². The van der Waals surface area contributed by atoms with E-state index in [0.717, 1.165) is 12.1 Å². The highest BCUT2D eigenvalue weighted by Gasteiger charge is 2.13. The van der Waals surface area contributed by atoms with Gasteiger partial charge in [-0.05, 0) is 12.1 Å². The largest absolute Gasteiger partial charge is 0.254 e. The van der Waals surface area contributed by atoms with E-state index in [-0.39, 0.29) is 16.7 Å². The van der Waals surface area contributed by atoms with Crippen molar-refractivity contribution >= 4 is 0 Å². The van der Waals surface area contributed by atoms with Crippen LogP contribution >= 0.6 is 0 Å². The minimum Gasteiger partial charge on any atom is -0.254 e. The van der Waals surface area contributed by atoms with Crippen LogP contribution < -0.4 is 0 Å². The van der Waals surface area contributed by atoms with E-state index < -0.39 is 11.6 Å². The molecule has 0 saturated carbocycles. The minimum atomic E-state index is -0.684. The molecule has 0 fully saturated rings. The Kier molecular flexibility index (Phi) is 2.61. The molecule has 0 aliphatic heterocycles. The molecule has 1 aromatic carbocycles. The van der Waals surface area contributed by atoms with Crippen molar-refractivity contribution in [2.24, 2.45) is 0 Å². The molecule has 0 saturated heterocycles. The molecular weight excluding hydrogens is 210 g/mol. The first-order valence-corrected chi connectivity index (χ1v) is 4.45. The molecule has 0 bridgehead atoms. The summed E-state index contributed by atoms with van der Waals surface area (Å²) in [5.41, 5.74) is -0.0442. The Morgan fingerprint density at radius 1 is 1.19 bits per heavy atom. The third kappa shape index (κ3) is 1.63. The lowest BCUT2D eigenvalue weighted by Gasteiger charge is -2.04. The lowest BCUT2D eigenvalue weighted by atomic mass is 10.0. The quantitative estimate of drug-likeness (QED) is 0.733. The smallest absolute Gasteiger partial charge is 0.141 e. The molecule has 0 N–H and O–H groups in total. The fourth-order valence-corrected chi connectivity index (χ4v) is 1.38. The first-order chi connectivity index (χ1) is 7.74. The molecule has 0 unspecified atom stereocenters. The standard InChI is InChI=1S/C12H5F2N2/c13-11-3-1-2-8(9(11)6-15)10-7-16-5-4-12(10)14/h1-5H. The van der Waals surface area contributed by atoms with Gasteiger partial charge in [0.15, 0.2) is 0 Å². The van der Waals surface area contributed by atoms with Crippen LogP contribution in [0.1, 0.15) is 5.56 Å². The zero-order valence-corrected chi connectivity index (χ0v) is 8.04. The molecule has 0 aliphatic carbocycles. The van der Waals surface area contributed by atoms with Crippen LogP contribution in [0.3, 0.4) is 0 Å². The van der Waals surface area contributed by atoms with Gasteiger partial charge < -0.3 is 0 Å². The third-order valence-electron chi connectivity index (χ3n) is 2.11. The van der Waals surface area contributed by atoms with Crippen molar-refractivity contribution in [3.63, 3.8) is 0 Å². The molecule has 0 atom stereocenters. The normalized spacial score (nSPS) is 9.81. The number of halogens is 2. The van der Waals surface area contributed by atoms with Crippen molar-refractivity contribution in [2.45, 2.75) is 0 Å². The van der Waals surface area contributed by atoms with Crippen molar-refractivity contribution < 1.29 is 8.78 Å². The van der Waals surface area contributed by atoms with Gasteiger partial charge in [-0.1, -0.05) is 12.1 Å². The van der Waals surface area contributed by atoms with Crippen molar-refractivity contribution in [3.8, 4) is 17.2 Å². The van der Waals surface area contributed by atoms with Gasteiger partial charge in [0.05, 0.1) is 5.56 Å². The second-order valence-electron chi connectivity index (χ2n) is 3.05. The molecule has 0 amide bonds. The molecule has 2 nitrogen and oxygen atoms in total. The molecule has 77 valence electrons. The summed E-state index contributed by atoms with van der Waals surface area (Å²) in [7, 11) is 0. The van der Waals surface area contributed by atoms with Crippen LogP contribution in [0.15, 0.2) is 30.5 Å². The van der Waals surface area contributed by atoms with Crippen molar-refractivity contribution in [1.29, 1.82) is 5.26 Å². The average Bonchev–Trinajstić information content (AvgIpc) is 2.29. The lowest BCUT2D eigenvalue weighted by Crippen LogP contribution is -1.92. The van der Waals surface area contributed by atoms with E-state index in [2.05, 4.69) is 11.2 Å². The third-order valence-corrected chi connectivity index (χ3v) is 2.11. The van der Waals surface area contributed by atoms with Crippen molar-refractivity contribution in [1.82, 2.24) is 4.98 Å². The number of hydrogen-bond donors (Lipinski definition) is 0. The van der Waals surface area contributed by atoms with E-state index in [1.807, 2.05) is 0 Å². The van der Waals surface area contributed by atoms with Gasteiger partial charge >= 0.3 is 0 Å². The van der Waals surface area contributed by atoms with E-state index in [0.29, 0.717) is 0 Å². The summed E-state index contributed by atoms with van der Waals surface area (Å²) in [5.74, 6) is -1.27. The summed E-state index contributed by atoms with van der Waals surface area (Å²) < 4.78 is 26.7. The van der Waals surface area contributed by atoms with Gasteiger partial charge in [0.25, 0.3) is 0 Å². The van der Waals surface area contributed by atoms with Gasteiger partial charge in [0.1, 0.15) is 23.9 Å². The van der Waals surface area contributed by atoms with Crippen LogP contribution in [0.4, 0.5) is 8.78 Å². The average molecular weight is 215 g/mol.